The SMILES string of the molecule is NC(=O)c1ccc(N)[n+](C2(P(=O)(O)O)O[C@H](CO)[C@@H](O)[C@]2(O)P(=O)(O)O)c1.[OH-]. The molecule has 0 aliphatic carbocycles. The Balaban J connectivity index is 0.00000392. The van der Waals surface area contributed by atoms with Gasteiger partial charge in [0.15, 0.2) is 0 Å². The normalized spacial score (nSPS) is 30.7. The lowest BCUT2D eigenvalue weighted by Gasteiger charge is -2.39. The van der Waals surface area contributed by atoms with E-state index in [1.54, 1.807) is 0 Å². The molecule has 1 aromatic rings. The Morgan fingerprint density at radius 2 is 1.75 bits per heavy atom. The van der Waals surface area contributed by atoms with E-state index in [1.807, 2.05) is 0 Å². The molecule has 28 heavy (non-hydrogen) atoms. The zero-order chi connectivity index (χ0) is 21.0. The first-order valence-electron chi connectivity index (χ1n) is 7.07. The van der Waals surface area contributed by atoms with E-state index in [4.69, 9.17) is 16.2 Å². The Hall–Kier alpha value is -1.48. The number of aliphatic hydroxyl groups excluding tert-OH is 2. The number of amides is 1. The molecule has 1 fully saturated rings. The van der Waals surface area contributed by atoms with Crippen LogP contribution in [0.15, 0.2) is 18.3 Å². The number of ether oxygens (including phenoxy) is 1. The second-order valence-electron chi connectivity index (χ2n) is 5.78. The quantitative estimate of drug-likeness (QED) is 0.153. The van der Waals surface area contributed by atoms with Gasteiger partial charge in [-0.15, -0.1) is 0 Å². The number of hydrogen-bond donors (Lipinski definition) is 9. The van der Waals surface area contributed by atoms with Crippen molar-refractivity contribution in [3.05, 3.63) is 23.9 Å². The molecule has 0 radical (unpaired) electrons. The molecule has 2 rings (SSSR count). The van der Waals surface area contributed by atoms with E-state index in [0.717, 1.165) is 12.1 Å². The second kappa shape index (κ2) is 7.40. The van der Waals surface area contributed by atoms with Crippen molar-refractivity contribution in [2.45, 2.75) is 23.0 Å². The van der Waals surface area contributed by atoms with Crippen LogP contribution in [-0.2, 0) is 19.3 Å². The first-order valence-corrected chi connectivity index (χ1v) is 10.3. The van der Waals surface area contributed by atoms with Crippen molar-refractivity contribution < 1.29 is 63.6 Å². The third-order valence-electron chi connectivity index (χ3n) is 4.17. The van der Waals surface area contributed by atoms with E-state index >= 15 is 0 Å². The maximum absolute atomic E-state index is 12.3. The minimum atomic E-state index is -5.99. The van der Waals surface area contributed by atoms with E-state index in [-0.39, 0.29) is 10.0 Å². The van der Waals surface area contributed by atoms with Crippen molar-refractivity contribution in [2.75, 3.05) is 12.3 Å². The number of aliphatic hydroxyl groups is 3. The fourth-order valence-electron chi connectivity index (χ4n) is 2.89. The molecule has 4 atom stereocenters. The van der Waals surface area contributed by atoms with Gasteiger partial charge in [-0.2, -0.15) is 4.57 Å². The van der Waals surface area contributed by atoms with Crippen LogP contribution in [0.25, 0.3) is 0 Å². The first-order chi connectivity index (χ1) is 12.1. The maximum atomic E-state index is 12.3. The molecule has 160 valence electrons. The predicted molar refractivity (Wildman–Crippen MR) is 86.5 cm³/mol. The Morgan fingerprint density at radius 1 is 1.21 bits per heavy atom. The Labute approximate surface area is 156 Å². The van der Waals surface area contributed by atoms with E-state index in [0.29, 0.717) is 6.20 Å². The van der Waals surface area contributed by atoms with Crippen LogP contribution in [0.2, 0.25) is 0 Å². The number of aromatic nitrogens is 1. The Morgan fingerprint density at radius 3 is 2.14 bits per heavy atom. The van der Waals surface area contributed by atoms with Crippen LogP contribution < -0.4 is 16.0 Å². The lowest BCUT2D eigenvalue weighted by molar-refractivity contribution is -0.780. The molecule has 1 aliphatic heterocycles. The number of pyridine rings is 1. The van der Waals surface area contributed by atoms with Crippen LogP contribution in [0.1, 0.15) is 10.4 Å². The summed E-state index contributed by atoms with van der Waals surface area (Å²) in [6.07, 6.45) is -4.09. The van der Waals surface area contributed by atoms with Crippen LogP contribution in [0, 0.1) is 0 Å². The summed E-state index contributed by atoms with van der Waals surface area (Å²) in [7, 11) is -11.9. The van der Waals surface area contributed by atoms with E-state index in [2.05, 4.69) is 0 Å². The number of anilines is 1. The van der Waals surface area contributed by atoms with Crippen molar-refractivity contribution in [1.29, 1.82) is 0 Å². The monoisotopic (exact) mass is 447 g/mol. The second-order valence-corrected chi connectivity index (χ2v) is 9.25. The van der Waals surface area contributed by atoms with Crippen LogP contribution in [0.4, 0.5) is 5.82 Å². The average Bonchev–Trinajstić information content (AvgIpc) is 2.77. The Kier molecular flexibility index (Phi) is 6.49. The number of hydrogen-bond acceptors (Lipinski definition) is 9. The molecular weight excluding hydrogens is 428 g/mol. The highest BCUT2D eigenvalue weighted by Gasteiger charge is 2.84. The number of nitrogens with zero attached hydrogens (tertiary/aromatic N) is 1. The molecule has 2 heterocycles. The molecule has 1 aromatic heterocycles. The van der Waals surface area contributed by atoms with Crippen LogP contribution in [0.5, 0.6) is 0 Å². The molecule has 0 saturated carbocycles. The number of primary amides is 1. The highest BCUT2D eigenvalue weighted by molar-refractivity contribution is 7.57. The van der Waals surface area contributed by atoms with E-state index in [9.17, 15) is 48.8 Å². The summed E-state index contributed by atoms with van der Waals surface area (Å²) in [5, 5.41) is 26.2. The van der Waals surface area contributed by atoms with Crippen molar-refractivity contribution in [1.82, 2.24) is 0 Å². The molecule has 17 heteroatoms. The predicted octanol–water partition coefficient (Wildman–Crippen LogP) is -4.12. The highest BCUT2D eigenvalue weighted by Crippen LogP contribution is 2.72. The smallest absolute Gasteiger partial charge is 0.405 e. The summed E-state index contributed by atoms with van der Waals surface area (Å²) >= 11 is 0. The van der Waals surface area contributed by atoms with Gasteiger partial charge in [-0.3, -0.25) is 19.7 Å². The van der Waals surface area contributed by atoms with Crippen molar-refractivity contribution in [2.24, 2.45) is 5.73 Å². The fraction of sp³-hybridized carbons (Fsp3) is 0.455. The summed E-state index contributed by atoms with van der Waals surface area (Å²) in [5.74, 6) is -1.73. The molecule has 1 unspecified atom stereocenters. The third-order valence-corrected chi connectivity index (χ3v) is 7.25. The number of carbonyl (C=O) groups excluding carboxylic acids is 1. The van der Waals surface area contributed by atoms with Gasteiger partial charge < -0.3 is 50.8 Å². The molecule has 1 amide bonds. The number of carbonyl (C=O) groups is 1. The number of nitrogens with two attached hydrogens (primary N) is 2. The largest absolute Gasteiger partial charge is 0.870 e. The van der Waals surface area contributed by atoms with Crippen LogP contribution >= 0.6 is 15.2 Å². The standard InChI is InChI=1S/C11H17N3O11P2.H2O/c12-7-2-1-5(9(13)17)3-14(7)11(27(22,23)24)10(18,26(19,20)21)8(16)6(4-15)25-11;/h1-3,6,8,12,15-16,18H,4H2,(H6,13,17,19,20,21,22,23,24);1H2/t6-,8-,10+,11?;/m1./s1. The summed E-state index contributed by atoms with van der Waals surface area (Å²) in [6.45, 7) is -1.18. The van der Waals surface area contributed by atoms with E-state index < -0.39 is 62.1 Å². The molecule has 0 aromatic carbocycles. The highest BCUT2D eigenvalue weighted by atomic mass is 31.2. The van der Waals surface area contributed by atoms with Crippen LogP contribution in [0.3, 0.4) is 0 Å². The van der Waals surface area contributed by atoms with Gasteiger partial charge in [0.05, 0.1) is 12.2 Å². The number of nitrogen functional groups attached to an aromatic ring is 1. The van der Waals surface area contributed by atoms with Gasteiger partial charge in [0, 0.05) is 6.07 Å². The lowest BCUT2D eigenvalue weighted by atomic mass is 10.1. The average molecular weight is 447 g/mol. The van der Waals surface area contributed by atoms with Gasteiger partial charge in [0.25, 0.3) is 17.1 Å². The first kappa shape index (κ1) is 24.6. The molecule has 0 spiro atoms. The van der Waals surface area contributed by atoms with Gasteiger partial charge in [-0.05, 0) is 6.07 Å². The molecule has 0 bridgehead atoms. The maximum Gasteiger partial charge on any atom is 0.405 e. The molecule has 1 saturated heterocycles. The Bertz CT molecular complexity index is 870. The van der Waals surface area contributed by atoms with Crippen LogP contribution in [-0.4, -0.2) is 70.4 Å². The van der Waals surface area contributed by atoms with Gasteiger partial charge in [-0.1, -0.05) is 0 Å². The van der Waals surface area contributed by atoms with Gasteiger partial charge in [0.2, 0.25) is 0 Å². The fourth-order valence-corrected chi connectivity index (χ4v) is 6.01. The lowest BCUT2D eigenvalue weighted by Crippen LogP contribution is -2.69. The molecular formula is C11H19N3O12P2. The van der Waals surface area contributed by atoms with Crippen molar-refractivity contribution in [3.8, 4) is 0 Å². The molecule has 1 aliphatic rings. The molecule has 15 nitrogen and oxygen atoms in total. The summed E-state index contributed by atoms with van der Waals surface area (Å²) in [4.78, 5) is 50.5. The van der Waals surface area contributed by atoms with Gasteiger partial charge >= 0.3 is 20.7 Å². The molecule has 12 N–H and O–H groups in total. The zero-order valence-electron chi connectivity index (χ0n) is 13.8. The van der Waals surface area contributed by atoms with Gasteiger partial charge in [-0.25, -0.2) is 0 Å². The van der Waals surface area contributed by atoms with Crippen molar-refractivity contribution in [3.63, 3.8) is 0 Å². The minimum Gasteiger partial charge on any atom is -0.870 e. The topological polar surface area (TPSA) is 288 Å². The number of rotatable bonds is 5. The summed E-state index contributed by atoms with van der Waals surface area (Å²) in [5.41, 5.74) is 6.60. The van der Waals surface area contributed by atoms with Gasteiger partial charge in [0.1, 0.15) is 18.4 Å². The minimum absolute atomic E-state index is 0. The summed E-state index contributed by atoms with van der Waals surface area (Å²) in [6, 6.07) is 1.94. The third kappa shape index (κ3) is 3.16. The van der Waals surface area contributed by atoms with Crippen molar-refractivity contribution >= 4 is 26.9 Å². The van der Waals surface area contributed by atoms with E-state index in [1.165, 1.54) is 0 Å². The zero-order valence-corrected chi connectivity index (χ0v) is 15.6. The summed E-state index contributed by atoms with van der Waals surface area (Å²) < 4.78 is 29.5.